The fourth-order valence-corrected chi connectivity index (χ4v) is 2.71. The zero-order valence-electron chi connectivity index (χ0n) is 13.2. The summed E-state index contributed by atoms with van der Waals surface area (Å²) in [5.41, 5.74) is 0.832. The number of carboxylic acid groups (broad SMARTS) is 1. The SMILES string of the molecule is O=C(O)c1cn(C2CC2)c2ccc(NCCOCCO)cc2c1=O. The van der Waals surface area contributed by atoms with E-state index in [2.05, 4.69) is 5.32 Å². The molecule has 3 rings (SSSR count). The van der Waals surface area contributed by atoms with Gasteiger partial charge in [0.1, 0.15) is 5.56 Å². The van der Waals surface area contributed by atoms with Crippen LogP contribution in [0.5, 0.6) is 0 Å². The Labute approximate surface area is 138 Å². The van der Waals surface area contributed by atoms with E-state index in [0.717, 1.165) is 24.0 Å². The summed E-state index contributed by atoms with van der Waals surface area (Å²) in [6.45, 7) is 1.23. The van der Waals surface area contributed by atoms with Crippen molar-refractivity contribution >= 4 is 22.6 Å². The molecule has 1 aliphatic carbocycles. The van der Waals surface area contributed by atoms with Crippen molar-refractivity contribution in [3.63, 3.8) is 0 Å². The van der Waals surface area contributed by atoms with Gasteiger partial charge in [-0.1, -0.05) is 0 Å². The first-order valence-electron chi connectivity index (χ1n) is 7.96. The monoisotopic (exact) mass is 332 g/mol. The second-order valence-corrected chi connectivity index (χ2v) is 5.81. The second-order valence-electron chi connectivity index (χ2n) is 5.81. The molecule has 0 unspecified atom stereocenters. The van der Waals surface area contributed by atoms with Crippen molar-refractivity contribution < 1.29 is 19.7 Å². The van der Waals surface area contributed by atoms with Crippen LogP contribution in [0, 0.1) is 0 Å². The van der Waals surface area contributed by atoms with Gasteiger partial charge in [-0.25, -0.2) is 4.79 Å². The number of nitrogens with one attached hydrogen (secondary N) is 1. The van der Waals surface area contributed by atoms with Crippen molar-refractivity contribution in [1.82, 2.24) is 4.57 Å². The summed E-state index contributed by atoms with van der Waals surface area (Å²) < 4.78 is 7.07. The number of aromatic nitrogens is 1. The maximum Gasteiger partial charge on any atom is 0.341 e. The van der Waals surface area contributed by atoms with Gasteiger partial charge in [-0.3, -0.25) is 4.79 Å². The van der Waals surface area contributed by atoms with Crippen LogP contribution in [0.15, 0.2) is 29.2 Å². The number of rotatable bonds is 8. The molecule has 128 valence electrons. The molecule has 1 aromatic carbocycles. The largest absolute Gasteiger partial charge is 0.477 e. The minimum atomic E-state index is -1.20. The van der Waals surface area contributed by atoms with Gasteiger partial charge in [0.2, 0.25) is 5.43 Å². The number of ether oxygens (including phenoxy) is 1. The molecule has 1 aromatic heterocycles. The van der Waals surface area contributed by atoms with Gasteiger partial charge in [-0.05, 0) is 31.0 Å². The molecule has 0 atom stereocenters. The number of hydrogen-bond acceptors (Lipinski definition) is 5. The van der Waals surface area contributed by atoms with E-state index in [9.17, 15) is 14.7 Å². The molecule has 1 fully saturated rings. The third-order valence-corrected chi connectivity index (χ3v) is 4.01. The Kier molecular flexibility index (Phi) is 4.82. The van der Waals surface area contributed by atoms with Crippen molar-refractivity contribution in [3.05, 3.63) is 40.2 Å². The number of anilines is 1. The van der Waals surface area contributed by atoms with Gasteiger partial charge in [0, 0.05) is 29.9 Å². The number of nitrogens with zero attached hydrogens (tertiary/aromatic N) is 1. The summed E-state index contributed by atoms with van der Waals surface area (Å²) in [4.78, 5) is 23.8. The van der Waals surface area contributed by atoms with Crippen LogP contribution >= 0.6 is 0 Å². The predicted molar refractivity (Wildman–Crippen MR) is 89.8 cm³/mol. The van der Waals surface area contributed by atoms with E-state index in [4.69, 9.17) is 9.84 Å². The first-order chi connectivity index (χ1) is 11.6. The van der Waals surface area contributed by atoms with Crippen LogP contribution in [-0.2, 0) is 4.74 Å². The number of aliphatic hydroxyl groups is 1. The maximum atomic E-state index is 12.5. The fourth-order valence-electron chi connectivity index (χ4n) is 2.71. The Bertz CT molecular complexity index is 810. The lowest BCUT2D eigenvalue weighted by Crippen LogP contribution is -2.19. The van der Waals surface area contributed by atoms with Crippen LogP contribution < -0.4 is 10.7 Å². The molecule has 7 heteroatoms. The van der Waals surface area contributed by atoms with E-state index in [0.29, 0.717) is 18.5 Å². The molecule has 0 saturated heterocycles. The van der Waals surface area contributed by atoms with E-state index in [-0.39, 0.29) is 24.8 Å². The van der Waals surface area contributed by atoms with Gasteiger partial charge in [0.25, 0.3) is 0 Å². The van der Waals surface area contributed by atoms with Crippen molar-refractivity contribution in [3.8, 4) is 0 Å². The highest BCUT2D eigenvalue weighted by Crippen LogP contribution is 2.37. The summed E-state index contributed by atoms with van der Waals surface area (Å²) in [5, 5.41) is 21.5. The summed E-state index contributed by atoms with van der Waals surface area (Å²) in [5.74, 6) is -1.20. The van der Waals surface area contributed by atoms with Gasteiger partial charge < -0.3 is 24.8 Å². The van der Waals surface area contributed by atoms with E-state index in [1.165, 1.54) is 6.20 Å². The average molecular weight is 332 g/mol. The third-order valence-electron chi connectivity index (χ3n) is 4.01. The number of carbonyl (C=O) groups is 1. The summed E-state index contributed by atoms with van der Waals surface area (Å²) in [7, 11) is 0. The van der Waals surface area contributed by atoms with Crippen molar-refractivity contribution in [2.75, 3.05) is 31.7 Å². The van der Waals surface area contributed by atoms with Gasteiger partial charge in [-0.15, -0.1) is 0 Å². The number of hydrogen-bond donors (Lipinski definition) is 3. The van der Waals surface area contributed by atoms with E-state index in [1.54, 1.807) is 6.07 Å². The quantitative estimate of drug-likeness (QED) is 0.633. The molecule has 3 N–H and O–H groups in total. The van der Waals surface area contributed by atoms with Gasteiger partial charge >= 0.3 is 5.97 Å². The number of benzene rings is 1. The second kappa shape index (κ2) is 7.02. The highest BCUT2D eigenvalue weighted by Gasteiger charge is 2.26. The Morgan fingerprint density at radius 2 is 2.12 bits per heavy atom. The summed E-state index contributed by atoms with van der Waals surface area (Å²) >= 11 is 0. The van der Waals surface area contributed by atoms with Crippen molar-refractivity contribution in [2.24, 2.45) is 0 Å². The lowest BCUT2D eigenvalue weighted by atomic mass is 10.1. The number of carboxylic acids is 1. The van der Waals surface area contributed by atoms with Crippen LogP contribution in [0.3, 0.4) is 0 Å². The Morgan fingerprint density at radius 3 is 2.79 bits per heavy atom. The van der Waals surface area contributed by atoms with Crippen LogP contribution in [0.25, 0.3) is 10.9 Å². The predicted octanol–water partition coefficient (Wildman–Crippen LogP) is 1.46. The Balaban J connectivity index is 1.91. The van der Waals surface area contributed by atoms with E-state index < -0.39 is 11.4 Å². The Hall–Kier alpha value is -2.38. The van der Waals surface area contributed by atoms with Crippen molar-refractivity contribution in [2.45, 2.75) is 18.9 Å². The molecule has 0 amide bonds. The molecule has 0 bridgehead atoms. The standard InChI is InChI=1S/C17H20N2O5/c20-6-8-24-7-5-18-11-1-4-15-13(9-11)16(21)14(17(22)23)10-19(15)12-2-3-12/h1,4,9-10,12,18,20H,2-3,5-8H2,(H,22,23). The van der Waals surface area contributed by atoms with E-state index in [1.807, 2.05) is 16.7 Å². The zero-order chi connectivity index (χ0) is 17.1. The lowest BCUT2D eigenvalue weighted by molar-refractivity contribution is 0.0695. The molecular formula is C17H20N2O5. The van der Waals surface area contributed by atoms with Crippen LogP contribution in [0.2, 0.25) is 0 Å². The molecule has 1 aliphatic rings. The molecule has 2 aromatic rings. The number of pyridine rings is 1. The topological polar surface area (TPSA) is 101 Å². The molecule has 0 spiro atoms. The first-order valence-corrected chi connectivity index (χ1v) is 7.96. The smallest absolute Gasteiger partial charge is 0.341 e. The zero-order valence-corrected chi connectivity index (χ0v) is 13.2. The third kappa shape index (κ3) is 3.42. The minimum Gasteiger partial charge on any atom is -0.477 e. The number of aromatic carboxylic acids is 1. The minimum absolute atomic E-state index is 0.0192. The highest BCUT2D eigenvalue weighted by molar-refractivity contribution is 5.93. The van der Waals surface area contributed by atoms with Crippen LogP contribution in [0.1, 0.15) is 29.2 Å². The van der Waals surface area contributed by atoms with Crippen molar-refractivity contribution in [1.29, 1.82) is 0 Å². The fraction of sp³-hybridized carbons (Fsp3) is 0.412. The van der Waals surface area contributed by atoms with Gasteiger partial charge in [0.05, 0.1) is 25.3 Å². The van der Waals surface area contributed by atoms with E-state index >= 15 is 0 Å². The van der Waals surface area contributed by atoms with Crippen LogP contribution in [-0.4, -0.2) is 47.1 Å². The lowest BCUT2D eigenvalue weighted by Gasteiger charge is -2.13. The molecule has 1 heterocycles. The number of fused-ring (bicyclic) bond motifs is 1. The van der Waals surface area contributed by atoms with Crippen LogP contribution in [0.4, 0.5) is 5.69 Å². The first kappa shape index (κ1) is 16.5. The normalized spacial score (nSPS) is 14.0. The highest BCUT2D eigenvalue weighted by atomic mass is 16.5. The molecule has 7 nitrogen and oxygen atoms in total. The molecule has 1 saturated carbocycles. The molecular weight excluding hydrogens is 312 g/mol. The molecule has 0 radical (unpaired) electrons. The summed E-state index contributed by atoms with van der Waals surface area (Å²) in [6.07, 6.45) is 3.46. The van der Waals surface area contributed by atoms with Gasteiger partial charge in [0.15, 0.2) is 0 Å². The van der Waals surface area contributed by atoms with Gasteiger partial charge in [-0.2, -0.15) is 0 Å². The summed E-state index contributed by atoms with van der Waals surface area (Å²) in [6, 6.07) is 5.68. The maximum absolute atomic E-state index is 12.5. The Morgan fingerprint density at radius 1 is 1.33 bits per heavy atom. The molecule has 0 aliphatic heterocycles. The number of aliphatic hydroxyl groups excluding tert-OH is 1. The average Bonchev–Trinajstić information content (AvgIpc) is 3.40. The molecule has 24 heavy (non-hydrogen) atoms.